The van der Waals surface area contributed by atoms with E-state index in [4.69, 9.17) is 4.42 Å². The Morgan fingerprint density at radius 3 is 2.57 bits per heavy atom. The van der Waals surface area contributed by atoms with Crippen LogP contribution >= 0.6 is 28.3 Å². The predicted octanol–water partition coefficient (Wildman–Crippen LogP) is 4.30. The van der Waals surface area contributed by atoms with E-state index in [-0.39, 0.29) is 24.6 Å². The van der Waals surface area contributed by atoms with Gasteiger partial charge >= 0.3 is 0 Å². The molecule has 116 valence electrons. The quantitative estimate of drug-likeness (QED) is 0.820. The highest BCUT2D eigenvalue weighted by atomic mass is 79.9. The van der Waals surface area contributed by atoms with Gasteiger partial charge in [0.2, 0.25) is 0 Å². The summed E-state index contributed by atoms with van der Waals surface area (Å²) in [6, 6.07) is 10.1. The normalized spacial score (nSPS) is 11.3. The van der Waals surface area contributed by atoms with Crippen LogP contribution in [0.15, 0.2) is 39.2 Å². The van der Waals surface area contributed by atoms with Gasteiger partial charge in [0.05, 0.1) is 13.2 Å². The van der Waals surface area contributed by atoms with Crippen LogP contribution in [0, 0.1) is 6.92 Å². The zero-order valence-electron chi connectivity index (χ0n) is 12.4. The number of halogens is 2. The van der Waals surface area contributed by atoms with Crippen molar-refractivity contribution in [3.8, 4) is 11.3 Å². The first-order valence-corrected chi connectivity index (χ1v) is 7.42. The lowest BCUT2D eigenvalue weighted by atomic mass is 10.1. The summed E-state index contributed by atoms with van der Waals surface area (Å²) >= 11 is 3.46. The number of benzene rings is 1. The zero-order valence-corrected chi connectivity index (χ0v) is 14.8. The lowest BCUT2D eigenvalue weighted by molar-refractivity contribution is 0.184. The lowest BCUT2D eigenvalue weighted by Crippen LogP contribution is -2.41. The molecule has 0 aliphatic carbocycles. The molecule has 0 saturated heterocycles. The molecule has 0 aliphatic heterocycles. The second kappa shape index (κ2) is 7.45. The average molecular weight is 375 g/mol. The first kappa shape index (κ1) is 18.2. The van der Waals surface area contributed by atoms with Crippen molar-refractivity contribution in [2.75, 3.05) is 6.61 Å². The van der Waals surface area contributed by atoms with E-state index in [0.29, 0.717) is 6.54 Å². The van der Waals surface area contributed by atoms with Crippen molar-refractivity contribution in [1.82, 2.24) is 5.32 Å². The summed E-state index contributed by atoms with van der Waals surface area (Å²) in [4.78, 5) is 0. The molecular formula is C16H21BrClNO2. The summed E-state index contributed by atoms with van der Waals surface area (Å²) in [6.07, 6.45) is 0. The van der Waals surface area contributed by atoms with Gasteiger partial charge in [0.25, 0.3) is 0 Å². The fourth-order valence-corrected chi connectivity index (χ4v) is 2.38. The van der Waals surface area contributed by atoms with Crippen molar-refractivity contribution in [3.05, 3.63) is 46.1 Å². The lowest BCUT2D eigenvalue weighted by Gasteiger charge is -2.22. The Morgan fingerprint density at radius 1 is 1.24 bits per heavy atom. The van der Waals surface area contributed by atoms with Crippen LogP contribution in [0.4, 0.5) is 0 Å². The van der Waals surface area contributed by atoms with E-state index in [9.17, 15) is 5.11 Å². The van der Waals surface area contributed by atoms with Gasteiger partial charge in [-0.25, -0.2) is 0 Å². The molecule has 0 aliphatic rings. The van der Waals surface area contributed by atoms with Crippen molar-refractivity contribution < 1.29 is 9.52 Å². The van der Waals surface area contributed by atoms with E-state index in [1.165, 1.54) is 5.56 Å². The average Bonchev–Trinajstić information content (AvgIpc) is 2.85. The Bertz CT molecular complexity index is 596. The van der Waals surface area contributed by atoms with E-state index >= 15 is 0 Å². The highest BCUT2D eigenvalue weighted by molar-refractivity contribution is 9.10. The maximum absolute atomic E-state index is 9.22. The smallest absolute Gasteiger partial charge is 0.134 e. The number of aliphatic hydroxyl groups excluding tert-OH is 1. The van der Waals surface area contributed by atoms with Crippen LogP contribution in [-0.4, -0.2) is 17.3 Å². The van der Waals surface area contributed by atoms with Crippen LogP contribution in [0.3, 0.4) is 0 Å². The molecule has 1 aromatic carbocycles. The summed E-state index contributed by atoms with van der Waals surface area (Å²) in [5, 5.41) is 12.5. The highest BCUT2D eigenvalue weighted by Crippen LogP contribution is 2.27. The van der Waals surface area contributed by atoms with Gasteiger partial charge in [-0.15, -0.1) is 12.4 Å². The van der Waals surface area contributed by atoms with E-state index in [2.05, 4.69) is 34.2 Å². The standard InChI is InChI=1S/C16H20BrNO2.ClH/c1-11-8-12(17)4-6-14(11)15-7-5-13(20-15)9-18-16(2,3)10-19;/h4-8,18-19H,9-10H2,1-3H3;1H. The molecular weight excluding hydrogens is 354 g/mol. The molecule has 0 unspecified atom stereocenters. The summed E-state index contributed by atoms with van der Waals surface area (Å²) in [5.74, 6) is 1.73. The van der Waals surface area contributed by atoms with Gasteiger partial charge in [0, 0.05) is 15.6 Å². The minimum absolute atomic E-state index is 0. The Balaban J connectivity index is 0.00000220. The SMILES string of the molecule is Cc1cc(Br)ccc1-c1ccc(CNC(C)(C)CO)o1.Cl. The van der Waals surface area contributed by atoms with E-state index < -0.39 is 0 Å². The molecule has 1 aromatic heterocycles. The van der Waals surface area contributed by atoms with Crippen molar-refractivity contribution in [3.63, 3.8) is 0 Å². The minimum Gasteiger partial charge on any atom is -0.460 e. The molecule has 1 heterocycles. The summed E-state index contributed by atoms with van der Waals surface area (Å²) in [5.41, 5.74) is 1.96. The number of furan rings is 1. The maximum atomic E-state index is 9.22. The molecule has 0 spiro atoms. The molecule has 2 rings (SSSR count). The Hall–Kier alpha value is -0.810. The van der Waals surface area contributed by atoms with Crippen molar-refractivity contribution >= 4 is 28.3 Å². The zero-order chi connectivity index (χ0) is 14.8. The van der Waals surface area contributed by atoms with Crippen molar-refractivity contribution in [1.29, 1.82) is 0 Å². The van der Waals surface area contributed by atoms with E-state index in [0.717, 1.165) is 21.6 Å². The van der Waals surface area contributed by atoms with Crippen LogP contribution in [-0.2, 0) is 6.54 Å². The third-order valence-electron chi connectivity index (χ3n) is 3.25. The molecule has 0 atom stereocenters. The number of rotatable bonds is 5. The molecule has 0 bridgehead atoms. The Labute approximate surface area is 140 Å². The molecule has 0 amide bonds. The summed E-state index contributed by atoms with van der Waals surface area (Å²) in [6.45, 7) is 6.66. The fourth-order valence-electron chi connectivity index (χ4n) is 1.90. The number of nitrogens with one attached hydrogen (secondary N) is 1. The molecule has 2 aromatic rings. The second-order valence-electron chi connectivity index (χ2n) is 5.62. The number of hydrogen-bond acceptors (Lipinski definition) is 3. The second-order valence-corrected chi connectivity index (χ2v) is 6.54. The molecule has 21 heavy (non-hydrogen) atoms. The molecule has 3 nitrogen and oxygen atoms in total. The monoisotopic (exact) mass is 373 g/mol. The fraction of sp³-hybridized carbons (Fsp3) is 0.375. The van der Waals surface area contributed by atoms with Crippen molar-refractivity contribution in [2.45, 2.75) is 32.9 Å². The third-order valence-corrected chi connectivity index (χ3v) is 3.75. The molecule has 2 N–H and O–H groups in total. The maximum Gasteiger partial charge on any atom is 0.134 e. The van der Waals surface area contributed by atoms with E-state index in [1.807, 2.05) is 38.1 Å². The van der Waals surface area contributed by atoms with E-state index in [1.54, 1.807) is 0 Å². The summed E-state index contributed by atoms with van der Waals surface area (Å²) in [7, 11) is 0. The van der Waals surface area contributed by atoms with Crippen LogP contribution in [0.1, 0.15) is 25.2 Å². The van der Waals surface area contributed by atoms with Gasteiger partial charge in [0.15, 0.2) is 0 Å². The van der Waals surface area contributed by atoms with Gasteiger partial charge < -0.3 is 14.8 Å². The molecule has 0 radical (unpaired) electrons. The van der Waals surface area contributed by atoms with Gasteiger partial charge in [-0.05, 0) is 56.7 Å². The van der Waals surface area contributed by atoms with Crippen LogP contribution in [0.25, 0.3) is 11.3 Å². The third kappa shape index (κ3) is 4.85. The van der Waals surface area contributed by atoms with Crippen LogP contribution < -0.4 is 5.32 Å². The highest BCUT2D eigenvalue weighted by Gasteiger charge is 2.16. The molecule has 0 saturated carbocycles. The first-order chi connectivity index (χ1) is 9.41. The Morgan fingerprint density at radius 2 is 1.95 bits per heavy atom. The number of hydrogen-bond donors (Lipinski definition) is 2. The van der Waals surface area contributed by atoms with Crippen LogP contribution in [0.2, 0.25) is 0 Å². The number of aryl methyl sites for hydroxylation is 1. The van der Waals surface area contributed by atoms with Crippen LogP contribution in [0.5, 0.6) is 0 Å². The van der Waals surface area contributed by atoms with Gasteiger partial charge in [-0.3, -0.25) is 0 Å². The summed E-state index contributed by atoms with van der Waals surface area (Å²) < 4.78 is 6.94. The topological polar surface area (TPSA) is 45.4 Å². The number of aliphatic hydroxyl groups is 1. The van der Waals surface area contributed by atoms with Gasteiger partial charge in [-0.2, -0.15) is 0 Å². The minimum atomic E-state index is -0.305. The Kier molecular flexibility index (Phi) is 6.47. The molecule has 5 heteroatoms. The largest absolute Gasteiger partial charge is 0.460 e. The van der Waals surface area contributed by atoms with Gasteiger partial charge in [0.1, 0.15) is 11.5 Å². The molecule has 0 fully saturated rings. The van der Waals surface area contributed by atoms with Crippen molar-refractivity contribution in [2.24, 2.45) is 0 Å². The first-order valence-electron chi connectivity index (χ1n) is 6.62. The predicted molar refractivity (Wildman–Crippen MR) is 91.8 cm³/mol. The van der Waals surface area contributed by atoms with Gasteiger partial charge in [-0.1, -0.05) is 15.9 Å².